The summed E-state index contributed by atoms with van der Waals surface area (Å²) in [6.07, 6.45) is 3.42. The van der Waals surface area contributed by atoms with Gasteiger partial charge in [0.25, 0.3) is 0 Å². The van der Waals surface area contributed by atoms with Crippen LogP contribution in [0.1, 0.15) is 43.4 Å². The Kier molecular flexibility index (Phi) is 2.86. The van der Waals surface area contributed by atoms with Crippen LogP contribution in [0.5, 0.6) is 0 Å². The number of hydrogen-bond donors (Lipinski definition) is 2. The number of nitrogens with one attached hydrogen (secondary N) is 2. The van der Waals surface area contributed by atoms with Gasteiger partial charge in [-0.15, -0.1) is 0 Å². The van der Waals surface area contributed by atoms with Crippen molar-refractivity contribution in [2.24, 2.45) is 0 Å². The maximum absolute atomic E-state index is 11.4. The fraction of sp³-hybridized carbons (Fsp3) is 0.533. The van der Waals surface area contributed by atoms with Gasteiger partial charge in [0.2, 0.25) is 5.91 Å². The molecule has 2 aliphatic rings. The van der Waals surface area contributed by atoms with E-state index in [1.54, 1.807) is 6.92 Å². The van der Waals surface area contributed by atoms with Crippen molar-refractivity contribution in [3.8, 4) is 0 Å². The Morgan fingerprint density at radius 3 is 2.78 bits per heavy atom. The van der Waals surface area contributed by atoms with Gasteiger partial charge >= 0.3 is 0 Å². The molecule has 1 fully saturated rings. The van der Waals surface area contributed by atoms with Crippen molar-refractivity contribution in [3.05, 3.63) is 35.4 Å². The normalized spacial score (nSPS) is 24.8. The predicted octanol–water partition coefficient (Wildman–Crippen LogP) is 1.89. The molecule has 1 heterocycles. The van der Waals surface area contributed by atoms with Crippen molar-refractivity contribution in [2.45, 2.75) is 37.6 Å². The zero-order valence-electron chi connectivity index (χ0n) is 10.8. The summed E-state index contributed by atoms with van der Waals surface area (Å²) in [5.41, 5.74) is 3.08. The highest BCUT2D eigenvalue weighted by atomic mass is 16.1. The van der Waals surface area contributed by atoms with Gasteiger partial charge in [-0.25, -0.2) is 0 Å². The van der Waals surface area contributed by atoms with Crippen LogP contribution in [0.2, 0.25) is 0 Å². The maximum Gasteiger partial charge on any atom is 0.217 e. The number of piperidine rings is 1. The van der Waals surface area contributed by atoms with Crippen LogP contribution < -0.4 is 10.6 Å². The van der Waals surface area contributed by atoms with Crippen LogP contribution in [0.4, 0.5) is 0 Å². The zero-order chi connectivity index (χ0) is 12.6. The molecule has 1 amide bonds. The molecule has 1 aliphatic carbocycles. The number of carbonyl (C=O) groups is 1. The van der Waals surface area contributed by atoms with Gasteiger partial charge in [0.05, 0.1) is 6.04 Å². The number of hydrogen-bond acceptors (Lipinski definition) is 2. The third-order valence-electron chi connectivity index (χ3n) is 4.44. The number of carbonyl (C=O) groups excluding carboxylic acids is 1. The molecule has 3 heteroatoms. The highest BCUT2D eigenvalue weighted by Crippen LogP contribution is 2.49. The van der Waals surface area contributed by atoms with Crippen LogP contribution in [0.25, 0.3) is 0 Å². The minimum atomic E-state index is 0.0702. The second kappa shape index (κ2) is 4.39. The molecule has 96 valence electrons. The van der Waals surface area contributed by atoms with Gasteiger partial charge in [0.15, 0.2) is 0 Å². The van der Waals surface area contributed by atoms with E-state index in [0.29, 0.717) is 0 Å². The summed E-state index contributed by atoms with van der Waals surface area (Å²) in [6, 6.07) is 8.83. The van der Waals surface area contributed by atoms with Gasteiger partial charge < -0.3 is 10.6 Å². The Bertz CT molecular complexity index is 463. The first-order chi connectivity index (χ1) is 8.71. The van der Waals surface area contributed by atoms with Crippen LogP contribution in [0, 0.1) is 0 Å². The smallest absolute Gasteiger partial charge is 0.217 e. The largest absolute Gasteiger partial charge is 0.349 e. The van der Waals surface area contributed by atoms with E-state index in [1.807, 2.05) is 0 Å². The molecule has 3 rings (SSSR count). The number of rotatable bonds is 1. The Labute approximate surface area is 108 Å². The molecule has 0 unspecified atom stereocenters. The fourth-order valence-corrected chi connectivity index (χ4v) is 3.65. The minimum absolute atomic E-state index is 0.0702. The van der Waals surface area contributed by atoms with E-state index in [1.165, 1.54) is 24.0 Å². The Balaban J connectivity index is 1.98. The third kappa shape index (κ3) is 1.83. The van der Waals surface area contributed by atoms with Crippen molar-refractivity contribution in [1.29, 1.82) is 0 Å². The Morgan fingerprint density at radius 1 is 1.33 bits per heavy atom. The highest BCUT2D eigenvalue weighted by Gasteiger charge is 2.44. The zero-order valence-corrected chi connectivity index (χ0v) is 10.8. The molecule has 1 saturated heterocycles. The van der Waals surface area contributed by atoms with E-state index in [4.69, 9.17) is 0 Å². The molecule has 0 aromatic heterocycles. The quantitative estimate of drug-likeness (QED) is 0.792. The third-order valence-corrected chi connectivity index (χ3v) is 4.44. The minimum Gasteiger partial charge on any atom is -0.349 e. The first-order valence-electron chi connectivity index (χ1n) is 6.78. The fourth-order valence-electron chi connectivity index (χ4n) is 3.65. The van der Waals surface area contributed by atoms with E-state index in [9.17, 15) is 4.79 Å². The van der Waals surface area contributed by atoms with Crippen molar-refractivity contribution in [3.63, 3.8) is 0 Å². The van der Waals surface area contributed by atoms with Crippen molar-refractivity contribution >= 4 is 5.91 Å². The Morgan fingerprint density at radius 2 is 2.06 bits per heavy atom. The van der Waals surface area contributed by atoms with Gasteiger partial charge in [-0.1, -0.05) is 24.3 Å². The number of benzene rings is 1. The van der Waals surface area contributed by atoms with Gasteiger partial charge in [0, 0.05) is 12.3 Å². The van der Waals surface area contributed by atoms with Crippen LogP contribution in [-0.2, 0) is 10.2 Å². The maximum atomic E-state index is 11.4. The summed E-state index contributed by atoms with van der Waals surface area (Å²) < 4.78 is 0. The first kappa shape index (κ1) is 11.7. The highest BCUT2D eigenvalue weighted by molar-refractivity contribution is 5.73. The molecule has 1 aromatic carbocycles. The van der Waals surface area contributed by atoms with Crippen LogP contribution in [-0.4, -0.2) is 19.0 Å². The molecule has 18 heavy (non-hydrogen) atoms. The molecule has 0 radical (unpaired) electrons. The standard InChI is InChI=1S/C15H20N2O/c1-11(18)17-14-10-15(6-8-16-9-7-15)13-5-3-2-4-12(13)14/h2-5,14,16H,6-10H2,1H3,(H,17,18)/t14-/m1/s1. The summed E-state index contributed by atoms with van der Waals surface area (Å²) >= 11 is 0. The summed E-state index contributed by atoms with van der Waals surface area (Å²) in [7, 11) is 0. The van der Waals surface area contributed by atoms with Crippen LogP contribution in [0.15, 0.2) is 24.3 Å². The molecular formula is C15H20N2O. The molecule has 1 atom stereocenters. The molecule has 3 nitrogen and oxygen atoms in total. The average Bonchev–Trinajstić information content (AvgIpc) is 2.65. The van der Waals surface area contributed by atoms with E-state index in [0.717, 1.165) is 19.5 Å². The van der Waals surface area contributed by atoms with E-state index < -0.39 is 0 Å². The van der Waals surface area contributed by atoms with Crippen LogP contribution >= 0.6 is 0 Å². The second-order valence-corrected chi connectivity index (χ2v) is 5.57. The molecule has 2 N–H and O–H groups in total. The lowest BCUT2D eigenvalue weighted by atomic mass is 9.74. The SMILES string of the molecule is CC(=O)N[C@@H]1CC2(CCNCC2)c2ccccc21. The monoisotopic (exact) mass is 244 g/mol. The van der Waals surface area contributed by atoms with Gasteiger partial charge in [-0.3, -0.25) is 4.79 Å². The van der Waals surface area contributed by atoms with E-state index in [-0.39, 0.29) is 17.4 Å². The lowest BCUT2D eigenvalue weighted by molar-refractivity contribution is -0.119. The topological polar surface area (TPSA) is 41.1 Å². The van der Waals surface area contributed by atoms with E-state index >= 15 is 0 Å². The predicted molar refractivity (Wildman–Crippen MR) is 71.4 cm³/mol. The lowest BCUT2D eigenvalue weighted by Crippen LogP contribution is -2.39. The average molecular weight is 244 g/mol. The molecule has 1 spiro atoms. The van der Waals surface area contributed by atoms with Gasteiger partial charge in [-0.05, 0) is 43.5 Å². The molecule has 0 bridgehead atoms. The lowest BCUT2D eigenvalue weighted by Gasteiger charge is -2.35. The molecule has 0 saturated carbocycles. The summed E-state index contributed by atoms with van der Waals surface area (Å²) in [5, 5.41) is 6.55. The van der Waals surface area contributed by atoms with Crippen LogP contribution in [0.3, 0.4) is 0 Å². The van der Waals surface area contributed by atoms with Crippen molar-refractivity contribution in [2.75, 3.05) is 13.1 Å². The van der Waals surface area contributed by atoms with E-state index in [2.05, 4.69) is 34.9 Å². The molecular weight excluding hydrogens is 224 g/mol. The van der Waals surface area contributed by atoms with Crippen molar-refractivity contribution < 1.29 is 4.79 Å². The summed E-state index contributed by atoms with van der Waals surface area (Å²) in [6.45, 7) is 3.78. The second-order valence-electron chi connectivity index (χ2n) is 5.57. The number of fused-ring (bicyclic) bond motifs is 2. The summed E-state index contributed by atoms with van der Waals surface area (Å²) in [5.74, 6) is 0.0702. The summed E-state index contributed by atoms with van der Waals surface area (Å²) in [4.78, 5) is 11.4. The number of amides is 1. The van der Waals surface area contributed by atoms with Gasteiger partial charge in [0.1, 0.15) is 0 Å². The molecule has 1 aromatic rings. The molecule has 1 aliphatic heterocycles. The van der Waals surface area contributed by atoms with Crippen molar-refractivity contribution in [1.82, 2.24) is 10.6 Å². The first-order valence-corrected chi connectivity index (χ1v) is 6.78. The Hall–Kier alpha value is -1.35. The van der Waals surface area contributed by atoms with Gasteiger partial charge in [-0.2, -0.15) is 0 Å².